The van der Waals surface area contributed by atoms with Crippen molar-refractivity contribution in [1.29, 1.82) is 5.41 Å². The van der Waals surface area contributed by atoms with Crippen molar-refractivity contribution >= 4 is 5.84 Å². The summed E-state index contributed by atoms with van der Waals surface area (Å²) < 4.78 is 0. The van der Waals surface area contributed by atoms with E-state index in [2.05, 4.69) is 31.3 Å². The maximum absolute atomic E-state index is 7.89. The first-order valence-corrected chi connectivity index (χ1v) is 5.00. The molecule has 2 rings (SSSR count). The monoisotopic (exact) mass is 188 g/mol. The molecule has 1 fully saturated rings. The van der Waals surface area contributed by atoms with Gasteiger partial charge in [-0.25, -0.2) is 0 Å². The maximum atomic E-state index is 7.89. The summed E-state index contributed by atoms with van der Waals surface area (Å²) in [6.07, 6.45) is 1.01. The van der Waals surface area contributed by atoms with Crippen LogP contribution in [0, 0.1) is 5.41 Å². The third-order valence-electron chi connectivity index (χ3n) is 2.74. The second-order valence-corrected chi connectivity index (χ2v) is 4.59. The van der Waals surface area contributed by atoms with Crippen molar-refractivity contribution in [3.8, 4) is 0 Å². The lowest BCUT2D eigenvalue weighted by Gasteiger charge is -2.16. The Morgan fingerprint density at radius 2 is 1.93 bits per heavy atom. The van der Waals surface area contributed by atoms with E-state index in [1.807, 2.05) is 18.2 Å². The van der Waals surface area contributed by atoms with Crippen LogP contribution in [0.5, 0.6) is 0 Å². The largest absolute Gasteiger partial charge is 0.369 e. The molecule has 1 aliphatic rings. The summed E-state index contributed by atoms with van der Waals surface area (Å²) >= 11 is 0. The van der Waals surface area contributed by atoms with Crippen molar-refractivity contribution in [2.24, 2.45) is 0 Å². The van der Waals surface area contributed by atoms with E-state index in [0.29, 0.717) is 5.84 Å². The molecule has 1 heterocycles. The van der Waals surface area contributed by atoms with E-state index in [-0.39, 0.29) is 11.5 Å². The van der Waals surface area contributed by atoms with Gasteiger partial charge in [0.2, 0.25) is 0 Å². The van der Waals surface area contributed by atoms with E-state index >= 15 is 0 Å². The Balaban J connectivity index is 2.26. The molecule has 74 valence electrons. The fourth-order valence-electron chi connectivity index (χ4n) is 2.08. The Labute approximate surface area is 84.9 Å². The molecule has 2 nitrogen and oxygen atoms in total. The topological polar surface area (TPSA) is 35.9 Å². The standard InChI is InChI=1S/C12H16N2/c1-12(2)8-10(11(13)14-12)9-6-4-3-5-7-9/h3-7,10H,8H2,1-2H3,(H2,13,14). The van der Waals surface area contributed by atoms with Gasteiger partial charge >= 0.3 is 0 Å². The molecule has 1 unspecified atom stereocenters. The molecule has 1 aromatic rings. The summed E-state index contributed by atoms with van der Waals surface area (Å²) in [5, 5.41) is 11.1. The van der Waals surface area contributed by atoms with Crippen molar-refractivity contribution in [2.45, 2.75) is 31.7 Å². The van der Waals surface area contributed by atoms with Gasteiger partial charge in [0.15, 0.2) is 0 Å². The minimum Gasteiger partial charge on any atom is -0.369 e. The van der Waals surface area contributed by atoms with Gasteiger partial charge in [0.25, 0.3) is 0 Å². The first kappa shape index (κ1) is 9.25. The molecule has 1 aromatic carbocycles. The van der Waals surface area contributed by atoms with E-state index in [1.54, 1.807) is 0 Å². The molecule has 1 aliphatic heterocycles. The number of hydrogen-bond acceptors (Lipinski definition) is 1. The predicted molar refractivity (Wildman–Crippen MR) is 58.7 cm³/mol. The van der Waals surface area contributed by atoms with Crippen LogP contribution in [0.3, 0.4) is 0 Å². The average Bonchev–Trinajstić information content (AvgIpc) is 2.41. The Hall–Kier alpha value is -1.31. The molecule has 1 saturated heterocycles. The Kier molecular flexibility index (Phi) is 2.06. The van der Waals surface area contributed by atoms with Crippen LogP contribution in [-0.4, -0.2) is 11.4 Å². The third kappa shape index (κ3) is 1.65. The van der Waals surface area contributed by atoms with Gasteiger partial charge in [-0.2, -0.15) is 0 Å². The van der Waals surface area contributed by atoms with Crippen LogP contribution in [0.25, 0.3) is 0 Å². The first-order chi connectivity index (χ1) is 6.58. The molecular weight excluding hydrogens is 172 g/mol. The molecule has 0 aromatic heterocycles. The lowest BCUT2D eigenvalue weighted by Crippen LogP contribution is -2.34. The summed E-state index contributed by atoms with van der Waals surface area (Å²) in [5.74, 6) is 0.910. The Bertz CT molecular complexity index is 341. The van der Waals surface area contributed by atoms with E-state index in [1.165, 1.54) is 5.56 Å². The van der Waals surface area contributed by atoms with Crippen LogP contribution in [0.4, 0.5) is 0 Å². The highest BCUT2D eigenvalue weighted by molar-refractivity contribution is 5.89. The zero-order chi connectivity index (χ0) is 10.2. The molecule has 0 amide bonds. The van der Waals surface area contributed by atoms with Crippen LogP contribution >= 0.6 is 0 Å². The molecule has 0 spiro atoms. The number of hydrogen-bond donors (Lipinski definition) is 2. The summed E-state index contributed by atoms with van der Waals surface area (Å²) in [6, 6.07) is 10.3. The lowest BCUT2D eigenvalue weighted by atomic mass is 9.91. The van der Waals surface area contributed by atoms with Gasteiger partial charge in [-0.1, -0.05) is 30.3 Å². The van der Waals surface area contributed by atoms with Crippen molar-refractivity contribution in [3.63, 3.8) is 0 Å². The molecule has 0 aliphatic carbocycles. The highest BCUT2D eigenvalue weighted by Gasteiger charge is 2.35. The second kappa shape index (κ2) is 3.12. The predicted octanol–water partition coefficient (Wildman–Crippen LogP) is 2.52. The van der Waals surface area contributed by atoms with Gasteiger partial charge in [-0.15, -0.1) is 0 Å². The average molecular weight is 188 g/mol. The minimum atomic E-state index is 0.0671. The Morgan fingerprint density at radius 1 is 1.29 bits per heavy atom. The van der Waals surface area contributed by atoms with Crippen LogP contribution < -0.4 is 5.32 Å². The van der Waals surface area contributed by atoms with Crippen molar-refractivity contribution in [2.75, 3.05) is 0 Å². The minimum absolute atomic E-state index is 0.0671. The molecular formula is C12H16N2. The molecule has 14 heavy (non-hydrogen) atoms. The molecule has 2 heteroatoms. The zero-order valence-corrected chi connectivity index (χ0v) is 8.67. The van der Waals surface area contributed by atoms with Crippen LogP contribution in [0.15, 0.2) is 30.3 Å². The fraction of sp³-hybridized carbons (Fsp3) is 0.417. The normalized spacial score (nSPS) is 24.7. The van der Waals surface area contributed by atoms with Crippen molar-refractivity contribution in [3.05, 3.63) is 35.9 Å². The van der Waals surface area contributed by atoms with Gasteiger partial charge in [0.05, 0.1) is 0 Å². The van der Waals surface area contributed by atoms with E-state index in [0.717, 1.165) is 6.42 Å². The summed E-state index contributed by atoms with van der Waals surface area (Å²) in [6.45, 7) is 4.29. The second-order valence-electron chi connectivity index (χ2n) is 4.59. The number of amidine groups is 1. The van der Waals surface area contributed by atoms with E-state index in [4.69, 9.17) is 5.41 Å². The van der Waals surface area contributed by atoms with Gasteiger partial charge in [0, 0.05) is 11.5 Å². The van der Waals surface area contributed by atoms with Crippen LogP contribution in [0.1, 0.15) is 31.7 Å². The van der Waals surface area contributed by atoms with Crippen molar-refractivity contribution < 1.29 is 0 Å². The highest BCUT2D eigenvalue weighted by Crippen LogP contribution is 2.32. The molecule has 0 saturated carbocycles. The smallest absolute Gasteiger partial charge is 0.101 e. The van der Waals surface area contributed by atoms with Gasteiger partial charge in [0.1, 0.15) is 5.84 Å². The van der Waals surface area contributed by atoms with Crippen LogP contribution in [-0.2, 0) is 0 Å². The van der Waals surface area contributed by atoms with E-state index < -0.39 is 0 Å². The van der Waals surface area contributed by atoms with Gasteiger partial charge < -0.3 is 5.32 Å². The SMILES string of the molecule is CC1(C)CC(c2ccccc2)C(=N)N1. The molecule has 1 atom stereocenters. The molecule has 0 bridgehead atoms. The molecule has 0 radical (unpaired) electrons. The van der Waals surface area contributed by atoms with Gasteiger partial charge in [-0.3, -0.25) is 5.41 Å². The molecule has 2 N–H and O–H groups in total. The summed E-state index contributed by atoms with van der Waals surface area (Å²) in [4.78, 5) is 0. The third-order valence-corrected chi connectivity index (χ3v) is 2.74. The summed E-state index contributed by atoms with van der Waals surface area (Å²) in [7, 11) is 0. The van der Waals surface area contributed by atoms with Gasteiger partial charge in [-0.05, 0) is 25.8 Å². The number of rotatable bonds is 1. The van der Waals surface area contributed by atoms with Crippen LogP contribution in [0.2, 0.25) is 0 Å². The highest BCUT2D eigenvalue weighted by atomic mass is 15.1. The number of benzene rings is 1. The maximum Gasteiger partial charge on any atom is 0.101 e. The zero-order valence-electron chi connectivity index (χ0n) is 8.67. The first-order valence-electron chi connectivity index (χ1n) is 5.00. The summed E-state index contributed by atoms with van der Waals surface area (Å²) in [5.41, 5.74) is 1.31. The van der Waals surface area contributed by atoms with Crippen molar-refractivity contribution in [1.82, 2.24) is 5.32 Å². The Morgan fingerprint density at radius 3 is 2.43 bits per heavy atom. The lowest BCUT2D eigenvalue weighted by molar-refractivity contribution is 0.467. The fourth-order valence-corrected chi connectivity index (χ4v) is 2.08. The number of nitrogens with one attached hydrogen (secondary N) is 2. The quantitative estimate of drug-likeness (QED) is 0.698. The van der Waals surface area contributed by atoms with E-state index in [9.17, 15) is 0 Å².